The first-order valence-corrected chi connectivity index (χ1v) is 9.10. The van der Waals surface area contributed by atoms with Crippen molar-refractivity contribution in [2.45, 2.75) is 32.4 Å². The number of ether oxygens (including phenoxy) is 1. The molecular weight excluding hydrogens is 323 g/mol. The van der Waals surface area contributed by atoms with Gasteiger partial charge in [-0.2, -0.15) is 0 Å². The number of hydrogen-bond donors (Lipinski definition) is 1. The summed E-state index contributed by atoms with van der Waals surface area (Å²) >= 11 is 0. The summed E-state index contributed by atoms with van der Waals surface area (Å²) in [7, 11) is 0. The van der Waals surface area contributed by atoms with Gasteiger partial charge in [0.2, 0.25) is 0 Å². The van der Waals surface area contributed by atoms with E-state index in [9.17, 15) is 9.18 Å². The summed E-state index contributed by atoms with van der Waals surface area (Å²) in [6, 6.07) is 1.74. The van der Waals surface area contributed by atoms with E-state index in [0.29, 0.717) is 37.7 Å². The van der Waals surface area contributed by atoms with Crippen molar-refractivity contribution in [2.24, 2.45) is 5.92 Å². The number of rotatable bonds is 6. The number of carbonyl (C=O) groups excluding carboxylic acids is 1. The number of amides is 2. The van der Waals surface area contributed by atoms with Crippen molar-refractivity contribution in [1.29, 1.82) is 0 Å². The standard InChI is InChI=1S/C18H27FN4O2/c1-2-21-18(24)23-7-3-4-16(12-23)25-13-14-9-22(10-14)11-15-5-6-20-8-17(15)19/h5-6,8,14,16H,2-4,7,9-13H2,1H3,(H,21,24). The molecule has 0 aliphatic carbocycles. The van der Waals surface area contributed by atoms with Gasteiger partial charge >= 0.3 is 6.03 Å². The zero-order valence-corrected chi connectivity index (χ0v) is 14.8. The summed E-state index contributed by atoms with van der Waals surface area (Å²) in [6.45, 7) is 7.24. The first-order chi connectivity index (χ1) is 12.2. The number of nitrogens with zero attached hydrogens (tertiary/aromatic N) is 3. The average molecular weight is 350 g/mol. The fraction of sp³-hybridized carbons (Fsp3) is 0.667. The minimum Gasteiger partial charge on any atom is -0.376 e. The second-order valence-corrected chi connectivity index (χ2v) is 6.91. The third-order valence-corrected chi connectivity index (χ3v) is 4.84. The fourth-order valence-corrected chi connectivity index (χ4v) is 3.48. The molecule has 2 saturated heterocycles. The number of halogens is 1. The lowest BCUT2D eigenvalue weighted by Gasteiger charge is -2.40. The van der Waals surface area contributed by atoms with Gasteiger partial charge in [0.15, 0.2) is 0 Å². The van der Waals surface area contributed by atoms with E-state index in [1.807, 2.05) is 11.8 Å². The highest BCUT2D eigenvalue weighted by molar-refractivity contribution is 5.74. The molecule has 3 heterocycles. The second kappa shape index (κ2) is 8.58. The molecule has 1 aromatic rings. The highest BCUT2D eigenvalue weighted by atomic mass is 19.1. The van der Waals surface area contributed by atoms with Crippen LogP contribution < -0.4 is 5.32 Å². The van der Waals surface area contributed by atoms with Gasteiger partial charge < -0.3 is 15.0 Å². The van der Waals surface area contributed by atoms with Gasteiger partial charge in [-0.15, -0.1) is 0 Å². The van der Waals surface area contributed by atoms with E-state index < -0.39 is 0 Å². The molecule has 138 valence electrons. The highest BCUT2D eigenvalue weighted by Gasteiger charge is 2.30. The fourth-order valence-electron chi connectivity index (χ4n) is 3.48. The maximum Gasteiger partial charge on any atom is 0.317 e. The average Bonchev–Trinajstić information content (AvgIpc) is 2.59. The van der Waals surface area contributed by atoms with Gasteiger partial charge in [0.1, 0.15) is 5.82 Å². The van der Waals surface area contributed by atoms with Crippen LogP contribution in [0.5, 0.6) is 0 Å². The minimum absolute atomic E-state index is 0.00463. The topological polar surface area (TPSA) is 57.7 Å². The monoisotopic (exact) mass is 350 g/mol. The number of hydrogen-bond acceptors (Lipinski definition) is 4. The highest BCUT2D eigenvalue weighted by Crippen LogP contribution is 2.22. The Morgan fingerprint density at radius 3 is 3.04 bits per heavy atom. The van der Waals surface area contributed by atoms with Crippen LogP contribution in [0.2, 0.25) is 0 Å². The first kappa shape index (κ1) is 18.1. The van der Waals surface area contributed by atoms with Crippen LogP contribution in [-0.4, -0.2) is 66.2 Å². The zero-order valence-electron chi connectivity index (χ0n) is 14.8. The molecule has 3 rings (SSSR count). The van der Waals surface area contributed by atoms with Crippen molar-refractivity contribution in [1.82, 2.24) is 20.1 Å². The molecule has 2 aliphatic heterocycles. The molecule has 2 fully saturated rings. The van der Waals surface area contributed by atoms with Crippen LogP contribution >= 0.6 is 0 Å². The SMILES string of the molecule is CCNC(=O)N1CCCC(OCC2CN(Cc3ccncc3F)C2)C1. The molecule has 2 amide bonds. The normalized spacial score (nSPS) is 21.8. The van der Waals surface area contributed by atoms with Crippen molar-refractivity contribution in [2.75, 3.05) is 39.3 Å². The molecule has 0 radical (unpaired) electrons. The Labute approximate surface area is 148 Å². The van der Waals surface area contributed by atoms with Gasteiger partial charge in [-0.05, 0) is 25.8 Å². The largest absolute Gasteiger partial charge is 0.376 e. The number of aromatic nitrogens is 1. The van der Waals surface area contributed by atoms with E-state index in [1.54, 1.807) is 12.3 Å². The van der Waals surface area contributed by atoms with Crippen LogP contribution in [0.3, 0.4) is 0 Å². The van der Waals surface area contributed by atoms with Crippen LogP contribution in [0, 0.1) is 11.7 Å². The predicted molar refractivity (Wildman–Crippen MR) is 92.6 cm³/mol. The lowest BCUT2D eigenvalue weighted by Crippen LogP contribution is -2.50. The maximum absolute atomic E-state index is 13.6. The number of urea groups is 1. The van der Waals surface area contributed by atoms with Crippen LogP contribution in [0.1, 0.15) is 25.3 Å². The van der Waals surface area contributed by atoms with E-state index >= 15 is 0 Å². The Kier molecular flexibility index (Phi) is 6.20. The number of likely N-dealkylation sites (tertiary alicyclic amines) is 2. The molecule has 25 heavy (non-hydrogen) atoms. The van der Waals surface area contributed by atoms with Gasteiger partial charge in [-0.1, -0.05) is 0 Å². The lowest BCUT2D eigenvalue weighted by atomic mass is 10.00. The van der Waals surface area contributed by atoms with E-state index in [4.69, 9.17) is 4.74 Å². The zero-order chi connectivity index (χ0) is 17.6. The number of nitrogens with one attached hydrogen (secondary N) is 1. The molecule has 0 aromatic carbocycles. The van der Waals surface area contributed by atoms with E-state index in [-0.39, 0.29) is 18.0 Å². The Balaban J connectivity index is 1.35. The molecular formula is C18H27FN4O2. The summed E-state index contributed by atoms with van der Waals surface area (Å²) in [5.41, 5.74) is 0.694. The molecule has 1 N–H and O–H groups in total. The molecule has 6 nitrogen and oxygen atoms in total. The summed E-state index contributed by atoms with van der Waals surface area (Å²) in [6.07, 6.45) is 5.01. The smallest absolute Gasteiger partial charge is 0.317 e. The van der Waals surface area contributed by atoms with Gasteiger partial charge in [0, 0.05) is 56.9 Å². The molecule has 1 aromatic heterocycles. The van der Waals surface area contributed by atoms with Crippen molar-refractivity contribution >= 4 is 6.03 Å². The van der Waals surface area contributed by atoms with E-state index in [0.717, 1.165) is 32.5 Å². The number of piperidine rings is 1. The molecule has 1 unspecified atom stereocenters. The molecule has 7 heteroatoms. The van der Waals surface area contributed by atoms with Crippen LogP contribution in [0.15, 0.2) is 18.5 Å². The maximum atomic E-state index is 13.6. The Morgan fingerprint density at radius 2 is 2.28 bits per heavy atom. The van der Waals surface area contributed by atoms with E-state index in [2.05, 4.69) is 15.2 Å². The first-order valence-electron chi connectivity index (χ1n) is 9.10. The molecule has 2 aliphatic rings. The Hall–Kier alpha value is -1.73. The summed E-state index contributed by atoms with van der Waals surface area (Å²) in [5.74, 6) is 0.250. The van der Waals surface area contributed by atoms with Crippen LogP contribution in [0.25, 0.3) is 0 Å². The minimum atomic E-state index is -0.241. The molecule has 0 bridgehead atoms. The Bertz CT molecular complexity index is 580. The second-order valence-electron chi connectivity index (χ2n) is 6.91. The van der Waals surface area contributed by atoms with Gasteiger partial charge in [-0.3, -0.25) is 9.88 Å². The van der Waals surface area contributed by atoms with Crippen molar-refractivity contribution in [3.05, 3.63) is 29.8 Å². The number of carbonyl (C=O) groups is 1. The van der Waals surface area contributed by atoms with Gasteiger partial charge in [0.05, 0.1) is 18.9 Å². The molecule has 1 atom stereocenters. The molecule has 0 saturated carbocycles. The summed E-state index contributed by atoms with van der Waals surface area (Å²) < 4.78 is 19.6. The summed E-state index contributed by atoms with van der Waals surface area (Å²) in [5, 5.41) is 2.85. The van der Waals surface area contributed by atoms with Gasteiger partial charge in [-0.25, -0.2) is 9.18 Å². The quantitative estimate of drug-likeness (QED) is 0.851. The van der Waals surface area contributed by atoms with Crippen LogP contribution in [-0.2, 0) is 11.3 Å². The van der Waals surface area contributed by atoms with Crippen molar-refractivity contribution in [3.63, 3.8) is 0 Å². The molecule has 0 spiro atoms. The third-order valence-electron chi connectivity index (χ3n) is 4.84. The predicted octanol–water partition coefficient (Wildman–Crippen LogP) is 1.86. The number of pyridine rings is 1. The van der Waals surface area contributed by atoms with Crippen molar-refractivity contribution in [3.8, 4) is 0 Å². The van der Waals surface area contributed by atoms with Crippen molar-refractivity contribution < 1.29 is 13.9 Å². The third kappa shape index (κ3) is 4.89. The van der Waals surface area contributed by atoms with Crippen LogP contribution in [0.4, 0.5) is 9.18 Å². The Morgan fingerprint density at radius 1 is 1.44 bits per heavy atom. The van der Waals surface area contributed by atoms with Gasteiger partial charge in [0.25, 0.3) is 0 Å². The van der Waals surface area contributed by atoms with E-state index in [1.165, 1.54) is 6.20 Å². The summed E-state index contributed by atoms with van der Waals surface area (Å²) in [4.78, 5) is 19.7. The lowest BCUT2D eigenvalue weighted by molar-refractivity contribution is -0.0436.